The maximum absolute atomic E-state index is 13.4. The van der Waals surface area contributed by atoms with Gasteiger partial charge in [0.25, 0.3) is 5.91 Å². The summed E-state index contributed by atoms with van der Waals surface area (Å²) >= 11 is 0. The average Bonchev–Trinajstić information content (AvgIpc) is 3.27. The van der Waals surface area contributed by atoms with Gasteiger partial charge in [0.05, 0.1) is 5.52 Å². The van der Waals surface area contributed by atoms with Crippen LogP contribution in [-0.4, -0.2) is 33.3 Å². The molecule has 3 aromatic rings. The molecule has 1 aliphatic rings. The molecule has 1 fully saturated rings. The Morgan fingerprint density at radius 2 is 1.65 bits per heavy atom. The fourth-order valence-corrected chi connectivity index (χ4v) is 4.74. The van der Waals surface area contributed by atoms with Crippen molar-refractivity contribution in [1.29, 1.82) is 0 Å². The maximum Gasteiger partial charge on any atom is 0.250 e. The van der Waals surface area contributed by atoms with Crippen molar-refractivity contribution in [2.24, 2.45) is 0 Å². The van der Waals surface area contributed by atoms with E-state index in [9.17, 15) is 9.59 Å². The molecule has 0 aliphatic heterocycles. The van der Waals surface area contributed by atoms with Crippen LogP contribution >= 0.6 is 0 Å². The number of carbonyl (C=O) groups is 2. The molecule has 0 spiro atoms. The standard InChI is InChI=1S/C26H29N3O2/c1-18(30)29(20-13-7-8-14-20)26(2,3)25(31)28-24-17-22(19-11-5-4-6-12-19)21-15-9-10-16-23(21)27-24/h4-6,9-12,15-17,20H,7-8,13-14H2,1-3H3,(H,27,28,31). The minimum Gasteiger partial charge on any atom is -0.326 e. The molecular formula is C26H29N3O2. The van der Waals surface area contributed by atoms with Crippen molar-refractivity contribution in [3.63, 3.8) is 0 Å². The van der Waals surface area contributed by atoms with Crippen molar-refractivity contribution in [3.05, 3.63) is 60.7 Å². The van der Waals surface area contributed by atoms with Crippen molar-refractivity contribution in [1.82, 2.24) is 9.88 Å². The van der Waals surface area contributed by atoms with Gasteiger partial charge in [-0.2, -0.15) is 0 Å². The Bertz CT molecular complexity index is 1100. The van der Waals surface area contributed by atoms with E-state index in [1.165, 1.54) is 0 Å². The van der Waals surface area contributed by atoms with Crippen LogP contribution < -0.4 is 5.32 Å². The van der Waals surface area contributed by atoms with Crippen LogP contribution in [0.25, 0.3) is 22.0 Å². The summed E-state index contributed by atoms with van der Waals surface area (Å²) in [5.74, 6) is 0.199. The molecule has 31 heavy (non-hydrogen) atoms. The number of rotatable bonds is 5. The number of para-hydroxylation sites is 1. The highest BCUT2D eigenvalue weighted by Gasteiger charge is 2.41. The summed E-state index contributed by atoms with van der Waals surface area (Å²) in [5.41, 5.74) is 1.92. The van der Waals surface area contributed by atoms with E-state index in [1.54, 1.807) is 11.8 Å². The zero-order chi connectivity index (χ0) is 22.0. The van der Waals surface area contributed by atoms with Crippen LogP contribution in [0, 0.1) is 0 Å². The number of benzene rings is 2. The van der Waals surface area contributed by atoms with Gasteiger partial charge < -0.3 is 10.2 Å². The van der Waals surface area contributed by atoms with Gasteiger partial charge in [-0.15, -0.1) is 0 Å². The monoisotopic (exact) mass is 415 g/mol. The Kier molecular flexibility index (Phi) is 5.77. The van der Waals surface area contributed by atoms with Gasteiger partial charge in [-0.25, -0.2) is 4.98 Å². The minimum atomic E-state index is -0.971. The maximum atomic E-state index is 13.4. The van der Waals surface area contributed by atoms with Crippen molar-refractivity contribution in [2.45, 2.75) is 58.0 Å². The molecule has 1 aliphatic carbocycles. The van der Waals surface area contributed by atoms with Crippen LogP contribution in [0.5, 0.6) is 0 Å². The number of amides is 2. The Labute approximate surface area is 183 Å². The fraction of sp³-hybridized carbons (Fsp3) is 0.346. The highest BCUT2D eigenvalue weighted by molar-refractivity contribution is 6.02. The lowest BCUT2D eigenvalue weighted by Crippen LogP contribution is -2.58. The van der Waals surface area contributed by atoms with Crippen molar-refractivity contribution in [2.75, 3.05) is 5.32 Å². The van der Waals surface area contributed by atoms with E-state index in [-0.39, 0.29) is 17.9 Å². The largest absolute Gasteiger partial charge is 0.326 e. The first-order valence-corrected chi connectivity index (χ1v) is 10.9. The van der Waals surface area contributed by atoms with E-state index >= 15 is 0 Å². The molecule has 1 heterocycles. The van der Waals surface area contributed by atoms with Crippen molar-refractivity contribution >= 4 is 28.5 Å². The number of nitrogens with zero attached hydrogens (tertiary/aromatic N) is 2. The van der Waals surface area contributed by atoms with Gasteiger partial charge >= 0.3 is 0 Å². The first-order valence-electron chi connectivity index (χ1n) is 10.9. The van der Waals surface area contributed by atoms with Crippen molar-refractivity contribution in [3.8, 4) is 11.1 Å². The Morgan fingerprint density at radius 1 is 1.00 bits per heavy atom. The van der Waals surface area contributed by atoms with E-state index in [0.29, 0.717) is 5.82 Å². The summed E-state index contributed by atoms with van der Waals surface area (Å²) in [7, 11) is 0. The third-order valence-corrected chi connectivity index (χ3v) is 6.23. The number of anilines is 1. The fourth-order valence-electron chi connectivity index (χ4n) is 4.74. The zero-order valence-corrected chi connectivity index (χ0v) is 18.4. The molecule has 0 unspecified atom stereocenters. The molecule has 4 rings (SSSR count). The van der Waals surface area contributed by atoms with Crippen molar-refractivity contribution < 1.29 is 9.59 Å². The molecule has 0 atom stereocenters. The molecule has 5 nitrogen and oxygen atoms in total. The minimum absolute atomic E-state index is 0.0662. The van der Waals surface area contributed by atoms with E-state index in [0.717, 1.165) is 47.7 Å². The summed E-state index contributed by atoms with van der Waals surface area (Å²) in [6.07, 6.45) is 4.09. The summed E-state index contributed by atoms with van der Waals surface area (Å²) in [4.78, 5) is 32.3. The van der Waals surface area contributed by atoms with Crippen LogP contribution in [0.2, 0.25) is 0 Å². The van der Waals surface area contributed by atoms with E-state index in [2.05, 4.69) is 22.4 Å². The van der Waals surface area contributed by atoms with Crippen LogP contribution in [0.1, 0.15) is 46.5 Å². The van der Waals surface area contributed by atoms with E-state index < -0.39 is 5.54 Å². The third kappa shape index (κ3) is 4.18. The van der Waals surface area contributed by atoms with Gasteiger partial charge in [0, 0.05) is 18.4 Å². The van der Waals surface area contributed by atoms with Gasteiger partial charge in [-0.05, 0) is 49.9 Å². The molecule has 1 aromatic heterocycles. The Morgan fingerprint density at radius 3 is 2.32 bits per heavy atom. The molecule has 0 saturated heterocycles. The molecule has 160 valence electrons. The van der Waals surface area contributed by atoms with Gasteiger partial charge in [-0.3, -0.25) is 9.59 Å². The van der Waals surface area contributed by atoms with Crippen LogP contribution in [-0.2, 0) is 9.59 Å². The molecule has 1 N–H and O–H groups in total. The lowest BCUT2D eigenvalue weighted by Gasteiger charge is -2.40. The number of pyridine rings is 1. The predicted octanol–water partition coefficient (Wildman–Crippen LogP) is 5.41. The first kappa shape index (κ1) is 21.0. The van der Waals surface area contributed by atoms with Gasteiger partial charge in [0.15, 0.2) is 0 Å². The molecule has 0 radical (unpaired) electrons. The van der Waals surface area contributed by atoms with Gasteiger partial charge in [0.1, 0.15) is 11.4 Å². The van der Waals surface area contributed by atoms with Gasteiger partial charge in [0.2, 0.25) is 5.91 Å². The second kappa shape index (κ2) is 8.50. The third-order valence-electron chi connectivity index (χ3n) is 6.23. The second-order valence-corrected chi connectivity index (χ2v) is 8.78. The first-order chi connectivity index (χ1) is 14.9. The molecule has 0 bridgehead atoms. The topological polar surface area (TPSA) is 62.3 Å². The molecule has 5 heteroatoms. The van der Waals surface area contributed by atoms with Crippen LogP contribution in [0.15, 0.2) is 60.7 Å². The SMILES string of the molecule is CC(=O)N(C1CCCC1)C(C)(C)C(=O)Nc1cc(-c2ccccc2)c2ccccc2n1. The lowest BCUT2D eigenvalue weighted by atomic mass is 9.97. The quantitative estimate of drug-likeness (QED) is 0.606. The number of hydrogen-bond donors (Lipinski definition) is 1. The van der Waals surface area contributed by atoms with Crippen LogP contribution in [0.4, 0.5) is 5.82 Å². The summed E-state index contributed by atoms with van der Waals surface area (Å²) in [5, 5.41) is 4.03. The normalized spacial score (nSPS) is 14.5. The highest BCUT2D eigenvalue weighted by Crippen LogP contribution is 2.32. The summed E-state index contributed by atoms with van der Waals surface area (Å²) < 4.78 is 0. The zero-order valence-electron chi connectivity index (χ0n) is 18.4. The molecule has 2 amide bonds. The average molecular weight is 416 g/mol. The van der Waals surface area contributed by atoms with E-state index in [4.69, 9.17) is 0 Å². The van der Waals surface area contributed by atoms with E-state index in [1.807, 2.05) is 62.4 Å². The number of fused-ring (bicyclic) bond motifs is 1. The summed E-state index contributed by atoms with van der Waals surface area (Å²) in [6.45, 7) is 5.19. The Hall–Kier alpha value is -3.21. The lowest BCUT2D eigenvalue weighted by molar-refractivity contribution is -0.145. The van der Waals surface area contributed by atoms with Gasteiger partial charge in [-0.1, -0.05) is 61.4 Å². The summed E-state index contributed by atoms with van der Waals surface area (Å²) in [6, 6.07) is 20.0. The molecule has 1 saturated carbocycles. The molecule has 2 aromatic carbocycles. The predicted molar refractivity (Wildman–Crippen MR) is 125 cm³/mol. The number of nitrogens with one attached hydrogen (secondary N) is 1. The smallest absolute Gasteiger partial charge is 0.250 e. The number of hydrogen-bond acceptors (Lipinski definition) is 3. The Balaban J connectivity index is 1.69. The number of aromatic nitrogens is 1. The second-order valence-electron chi connectivity index (χ2n) is 8.78. The molecular weight excluding hydrogens is 386 g/mol. The highest BCUT2D eigenvalue weighted by atomic mass is 16.2. The number of carbonyl (C=O) groups excluding carboxylic acids is 2. The van der Waals surface area contributed by atoms with Crippen LogP contribution in [0.3, 0.4) is 0 Å².